The Bertz CT molecular complexity index is 322. The number of nitrogens with zero attached hydrogens (tertiary/aromatic N) is 2. The lowest BCUT2D eigenvalue weighted by molar-refractivity contribution is 0.579. The number of hydrogen-bond donors (Lipinski definition) is 0. The Morgan fingerprint density at radius 2 is 1.86 bits per heavy atom. The summed E-state index contributed by atoms with van der Waals surface area (Å²) in [6.07, 6.45) is 0. The van der Waals surface area contributed by atoms with E-state index in [1.807, 2.05) is 18.2 Å². The van der Waals surface area contributed by atoms with Gasteiger partial charge in [-0.3, -0.25) is 0 Å². The van der Waals surface area contributed by atoms with Gasteiger partial charge in [0.15, 0.2) is 0 Å². The van der Waals surface area contributed by atoms with Crippen molar-refractivity contribution in [3.05, 3.63) is 28.2 Å². The van der Waals surface area contributed by atoms with E-state index < -0.39 is 0 Å². The van der Waals surface area contributed by atoms with Crippen LogP contribution in [0.3, 0.4) is 0 Å². The summed E-state index contributed by atoms with van der Waals surface area (Å²) in [6.45, 7) is 3.62. The quantitative estimate of drug-likeness (QED) is 0.724. The molecule has 1 heterocycles. The van der Waals surface area contributed by atoms with Crippen molar-refractivity contribution in [3.8, 4) is 0 Å². The van der Waals surface area contributed by atoms with Crippen molar-refractivity contribution in [2.24, 2.45) is 0 Å². The van der Waals surface area contributed by atoms with Crippen molar-refractivity contribution in [1.29, 1.82) is 0 Å². The number of halogens is 2. The summed E-state index contributed by atoms with van der Waals surface area (Å²) in [6, 6.07) is 5.73. The molecule has 0 aliphatic carbocycles. The highest BCUT2D eigenvalue weighted by Crippen LogP contribution is 2.32. The average Bonchev–Trinajstić information content (AvgIpc) is 2.23. The van der Waals surface area contributed by atoms with Crippen LogP contribution in [0.4, 0.5) is 5.69 Å². The van der Waals surface area contributed by atoms with E-state index in [1.165, 1.54) is 0 Å². The highest BCUT2D eigenvalue weighted by atomic mass is 35.5. The second-order valence-corrected chi connectivity index (χ2v) is 4.02. The van der Waals surface area contributed by atoms with Gasteiger partial charge >= 0.3 is 0 Å². The minimum Gasteiger partial charge on any atom is -0.368 e. The van der Waals surface area contributed by atoms with Crippen molar-refractivity contribution in [3.63, 3.8) is 0 Å². The molecule has 0 bridgehead atoms. The predicted octanol–water partition coefficient (Wildman–Crippen LogP) is 2.42. The van der Waals surface area contributed by atoms with Crippen LogP contribution >= 0.6 is 23.2 Å². The highest BCUT2D eigenvalue weighted by molar-refractivity contribution is 6.43. The maximum absolute atomic E-state index is 6.12. The van der Waals surface area contributed by atoms with E-state index in [0.717, 1.165) is 31.9 Å². The Hall–Kier alpha value is -0.440. The molecule has 1 aromatic carbocycles. The van der Waals surface area contributed by atoms with Crippen LogP contribution in [0.1, 0.15) is 0 Å². The highest BCUT2D eigenvalue weighted by Gasteiger charge is 2.14. The first-order valence-electron chi connectivity index (χ1n) is 4.61. The molecule has 0 aromatic heterocycles. The van der Waals surface area contributed by atoms with Crippen LogP contribution in [0, 0.1) is 0 Å². The summed E-state index contributed by atoms with van der Waals surface area (Å²) in [4.78, 5) is 2.22. The third-order valence-corrected chi connectivity index (χ3v) is 3.14. The van der Waals surface area contributed by atoms with E-state index in [9.17, 15) is 0 Å². The van der Waals surface area contributed by atoms with E-state index in [2.05, 4.69) is 10.2 Å². The monoisotopic (exact) mass is 229 g/mol. The van der Waals surface area contributed by atoms with Gasteiger partial charge in [-0.2, -0.15) is 0 Å². The topological polar surface area (TPSA) is 17.3 Å². The van der Waals surface area contributed by atoms with Gasteiger partial charge in [-0.05, 0) is 12.1 Å². The van der Waals surface area contributed by atoms with Crippen molar-refractivity contribution in [2.45, 2.75) is 0 Å². The van der Waals surface area contributed by atoms with Gasteiger partial charge in [0.2, 0.25) is 0 Å². The molecule has 2 rings (SSSR count). The molecule has 1 aliphatic rings. The summed E-state index contributed by atoms with van der Waals surface area (Å²) in [5, 5.41) is 5.55. The van der Waals surface area contributed by atoms with Gasteiger partial charge in [0.05, 0.1) is 15.7 Å². The van der Waals surface area contributed by atoms with Gasteiger partial charge < -0.3 is 4.90 Å². The fourth-order valence-corrected chi connectivity index (χ4v) is 2.00. The zero-order valence-electron chi connectivity index (χ0n) is 7.71. The third-order valence-electron chi connectivity index (χ3n) is 2.33. The molecule has 2 nitrogen and oxygen atoms in total. The van der Waals surface area contributed by atoms with E-state index in [1.54, 1.807) is 0 Å². The smallest absolute Gasteiger partial charge is 0.0825 e. The molecule has 14 heavy (non-hydrogen) atoms. The van der Waals surface area contributed by atoms with Crippen LogP contribution in [-0.4, -0.2) is 26.2 Å². The van der Waals surface area contributed by atoms with Crippen LogP contribution in [0.25, 0.3) is 0 Å². The Labute approximate surface area is 93.8 Å². The molecular weight excluding hydrogens is 219 g/mol. The van der Waals surface area contributed by atoms with Crippen LogP contribution in [0.5, 0.6) is 0 Å². The fourth-order valence-electron chi connectivity index (χ4n) is 1.58. The lowest BCUT2D eigenvalue weighted by atomic mass is 10.2. The molecule has 0 unspecified atom stereocenters. The molecule has 0 amide bonds. The van der Waals surface area contributed by atoms with Crippen molar-refractivity contribution in [2.75, 3.05) is 31.1 Å². The summed E-state index contributed by atoms with van der Waals surface area (Å²) in [5.74, 6) is 0. The Kier molecular flexibility index (Phi) is 3.16. The Morgan fingerprint density at radius 3 is 2.57 bits per heavy atom. The summed E-state index contributed by atoms with van der Waals surface area (Å²) >= 11 is 12.1. The maximum Gasteiger partial charge on any atom is 0.0825 e. The first-order chi connectivity index (χ1) is 6.79. The van der Waals surface area contributed by atoms with E-state index in [-0.39, 0.29) is 0 Å². The Balaban J connectivity index is 2.26. The second kappa shape index (κ2) is 4.39. The van der Waals surface area contributed by atoms with Gasteiger partial charge in [0.25, 0.3) is 0 Å². The van der Waals surface area contributed by atoms with Gasteiger partial charge in [-0.25, -0.2) is 5.32 Å². The molecule has 0 atom stereocenters. The second-order valence-electron chi connectivity index (χ2n) is 3.23. The minimum atomic E-state index is 0.617. The van der Waals surface area contributed by atoms with Crippen molar-refractivity contribution in [1.82, 2.24) is 5.32 Å². The van der Waals surface area contributed by atoms with Crippen molar-refractivity contribution < 1.29 is 0 Å². The molecule has 1 aromatic rings. The predicted molar refractivity (Wildman–Crippen MR) is 60.5 cm³/mol. The molecule has 0 saturated carbocycles. The van der Waals surface area contributed by atoms with Gasteiger partial charge in [-0.1, -0.05) is 29.3 Å². The van der Waals surface area contributed by atoms with E-state index >= 15 is 0 Å². The standard InChI is InChI=1S/C10H11Cl2N2/c11-8-2-1-3-9(10(8)12)14-6-4-13-5-7-14/h1-3H,4-7H2. The first-order valence-corrected chi connectivity index (χ1v) is 5.37. The molecule has 75 valence electrons. The molecule has 1 aliphatic heterocycles. The normalized spacial score (nSPS) is 17.1. The van der Waals surface area contributed by atoms with Crippen LogP contribution in [0.15, 0.2) is 18.2 Å². The average molecular weight is 230 g/mol. The molecule has 1 radical (unpaired) electrons. The van der Waals surface area contributed by atoms with Gasteiger partial charge in [0, 0.05) is 26.2 Å². The summed E-state index contributed by atoms with van der Waals surface area (Å²) in [5.41, 5.74) is 1.02. The van der Waals surface area contributed by atoms with Gasteiger partial charge in [0.1, 0.15) is 0 Å². The lowest BCUT2D eigenvalue weighted by Crippen LogP contribution is -2.40. The molecule has 4 heteroatoms. The zero-order chi connectivity index (χ0) is 9.97. The SMILES string of the molecule is Clc1cccc(N2CC[N]CC2)c1Cl. The van der Waals surface area contributed by atoms with Crippen LogP contribution in [0.2, 0.25) is 10.0 Å². The number of anilines is 1. The summed E-state index contributed by atoms with van der Waals surface area (Å²) in [7, 11) is 0. The zero-order valence-corrected chi connectivity index (χ0v) is 9.22. The maximum atomic E-state index is 6.12. The molecule has 0 N–H and O–H groups in total. The molecular formula is C10H11Cl2N2. The number of rotatable bonds is 1. The third kappa shape index (κ3) is 1.97. The summed E-state index contributed by atoms with van der Waals surface area (Å²) < 4.78 is 0. The van der Waals surface area contributed by atoms with Crippen LogP contribution in [-0.2, 0) is 0 Å². The van der Waals surface area contributed by atoms with E-state index in [0.29, 0.717) is 10.0 Å². The molecule has 0 spiro atoms. The molecule has 1 saturated heterocycles. The fraction of sp³-hybridized carbons (Fsp3) is 0.400. The van der Waals surface area contributed by atoms with Gasteiger partial charge in [-0.15, -0.1) is 0 Å². The number of hydrogen-bond acceptors (Lipinski definition) is 1. The van der Waals surface area contributed by atoms with Crippen molar-refractivity contribution >= 4 is 28.9 Å². The largest absolute Gasteiger partial charge is 0.368 e. The van der Waals surface area contributed by atoms with E-state index in [4.69, 9.17) is 23.2 Å². The number of piperazine rings is 1. The molecule has 1 fully saturated rings. The Morgan fingerprint density at radius 1 is 1.14 bits per heavy atom. The lowest BCUT2D eigenvalue weighted by Gasteiger charge is -2.29. The first kappa shape index (κ1) is 10.1. The van der Waals surface area contributed by atoms with Crippen LogP contribution < -0.4 is 10.2 Å². The number of benzene rings is 1. The minimum absolute atomic E-state index is 0.617.